The summed E-state index contributed by atoms with van der Waals surface area (Å²) in [5.41, 5.74) is 0. The fourth-order valence-electron chi connectivity index (χ4n) is 1.79. The molecule has 1 aliphatic rings. The number of carbonyl (C=O) groups excluding carboxylic acids is 3. The molecule has 8 heteroatoms. The molecule has 0 aromatic carbocycles. The van der Waals surface area contributed by atoms with E-state index in [4.69, 9.17) is 0 Å². The molecule has 0 aliphatic carbocycles. The Hall–Kier alpha value is -1.28. The molecule has 3 amide bonds. The minimum absolute atomic E-state index is 0.0769. The number of aliphatic hydroxyl groups is 1. The number of rotatable bonds is 7. The number of piperidine rings is 1. The van der Waals surface area contributed by atoms with Crippen molar-refractivity contribution in [1.82, 2.24) is 15.5 Å². The molecule has 114 valence electrons. The number of thioether (sulfide) groups is 1. The second kappa shape index (κ2) is 8.80. The van der Waals surface area contributed by atoms with Crippen LogP contribution in [0.3, 0.4) is 0 Å². The minimum Gasteiger partial charge on any atom is -0.393 e. The predicted octanol–water partition coefficient (Wildman–Crippen LogP) is -1.43. The number of nitrogens with zero attached hydrogens (tertiary/aromatic N) is 1. The van der Waals surface area contributed by atoms with Crippen molar-refractivity contribution in [3.8, 4) is 0 Å². The molecule has 0 radical (unpaired) electrons. The maximum absolute atomic E-state index is 11.6. The molecule has 1 fully saturated rings. The van der Waals surface area contributed by atoms with Crippen LogP contribution < -0.4 is 10.6 Å². The van der Waals surface area contributed by atoms with E-state index in [0.29, 0.717) is 26.1 Å². The average Bonchev–Trinajstić information content (AvgIpc) is 2.41. The molecule has 0 unspecified atom stereocenters. The van der Waals surface area contributed by atoms with Gasteiger partial charge in [0.15, 0.2) is 0 Å². The number of aliphatic hydroxyl groups excluding tert-OH is 1. The fraction of sp³-hybridized carbons (Fsp3) is 0.750. The molecule has 0 aromatic heterocycles. The maximum atomic E-state index is 11.6. The third kappa shape index (κ3) is 6.25. The van der Waals surface area contributed by atoms with E-state index in [0.717, 1.165) is 0 Å². The van der Waals surface area contributed by atoms with Gasteiger partial charge in [0.2, 0.25) is 17.7 Å². The van der Waals surface area contributed by atoms with Crippen LogP contribution in [0.25, 0.3) is 0 Å². The van der Waals surface area contributed by atoms with E-state index in [1.807, 2.05) is 0 Å². The zero-order chi connectivity index (χ0) is 15.0. The normalized spacial score (nSPS) is 18.8. The summed E-state index contributed by atoms with van der Waals surface area (Å²) in [6, 6.07) is 0. The number of amides is 3. The van der Waals surface area contributed by atoms with Gasteiger partial charge in [0.05, 0.1) is 24.0 Å². The molecular weight excluding hydrogens is 282 g/mol. The molecule has 1 atom stereocenters. The molecule has 0 bridgehead atoms. The first-order chi connectivity index (χ1) is 9.52. The first-order valence-corrected chi connectivity index (χ1v) is 7.69. The highest BCUT2D eigenvalue weighted by Crippen LogP contribution is 2.10. The Morgan fingerprint density at radius 2 is 2.10 bits per heavy atom. The lowest BCUT2D eigenvalue weighted by Gasteiger charge is -2.29. The summed E-state index contributed by atoms with van der Waals surface area (Å²) in [6.45, 7) is 1.37. The van der Waals surface area contributed by atoms with E-state index in [-0.39, 0.29) is 35.6 Å². The number of nitrogens with one attached hydrogen (secondary N) is 2. The molecule has 3 N–H and O–H groups in total. The van der Waals surface area contributed by atoms with E-state index >= 15 is 0 Å². The summed E-state index contributed by atoms with van der Waals surface area (Å²) in [7, 11) is 1.55. The second-order valence-corrected chi connectivity index (χ2v) is 5.53. The third-order valence-electron chi connectivity index (χ3n) is 2.94. The zero-order valence-electron chi connectivity index (χ0n) is 11.6. The predicted molar refractivity (Wildman–Crippen MR) is 76.2 cm³/mol. The molecule has 7 nitrogen and oxygen atoms in total. The monoisotopic (exact) mass is 303 g/mol. The summed E-state index contributed by atoms with van der Waals surface area (Å²) in [6.07, 6.45) is 0.215. The van der Waals surface area contributed by atoms with Gasteiger partial charge in [-0.3, -0.25) is 14.4 Å². The van der Waals surface area contributed by atoms with Gasteiger partial charge in [-0.05, 0) is 6.42 Å². The number of hydrogen-bond donors (Lipinski definition) is 3. The van der Waals surface area contributed by atoms with Crippen molar-refractivity contribution in [2.24, 2.45) is 0 Å². The maximum Gasteiger partial charge on any atom is 0.230 e. The molecule has 20 heavy (non-hydrogen) atoms. The van der Waals surface area contributed by atoms with Crippen molar-refractivity contribution in [2.75, 3.05) is 38.2 Å². The number of carbonyl (C=O) groups is 3. The van der Waals surface area contributed by atoms with Crippen molar-refractivity contribution in [2.45, 2.75) is 18.9 Å². The number of hydrogen-bond acceptors (Lipinski definition) is 5. The first kappa shape index (κ1) is 16.8. The molecule has 1 aliphatic heterocycles. The van der Waals surface area contributed by atoms with Crippen LogP contribution in [0.4, 0.5) is 0 Å². The summed E-state index contributed by atoms with van der Waals surface area (Å²) >= 11 is 1.24. The highest BCUT2D eigenvalue weighted by molar-refractivity contribution is 8.00. The van der Waals surface area contributed by atoms with Crippen LogP contribution in [0.1, 0.15) is 12.8 Å². The van der Waals surface area contributed by atoms with Gasteiger partial charge in [-0.2, -0.15) is 0 Å². The van der Waals surface area contributed by atoms with E-state index in [2.05, 4.69) is 10.6 Å². The molecule has 0 saturated carbocycles. The smallest absolute Gasteiger partial charge is 0.230 e. The van der Waals surface area contributed by atoms with E-state index in [1.54, 1.807) is 11.9 Å². The van der Waals surface area contributed by atoms with Gasteiger partial charge in [0.25, 0.3) is 0 Å². The van der Waals surface area contributed by atoms with Crippen LogP contribution in [-0.4, -0.2) is 72.0 Å². The largest absolute Gasteiger partial charge is 0.393 e. The Kier molecular flexibility index (Phi) is 7.38. The van der Waals surface area contributed by atoms with Crippen molar-refractivity contribution in [1.29, 1.82) is 0 Å². The van der Waals surface area contributed by atoms with Crippen molar-refractivity contribution in [3.63, 3.8) is 0 Å². The van der Waals surface area contributed by atoms with Crippen LogP contribution in [0.15, 0.2) is 0 Å². The minimum atomic E-state index is -0.533. The van der Waals surface area contributed by atoms with Crippen molar-refractivity contribution >= 4 is 29.5 Å². The Morgan fingerprint density at radius 1 is 1.40 bits per heavy atom. The van der Waals surface area contributed by atoms with Gasteiger partial charge in [-0.15, -0.1) is 11.8 Å². The lowest BCUT2D eigenvalue weighted by Crippen LogP contribution is -2.44. The van der Waals surface area contributed by atoms with Crippen LogP contribution in [0, 0.1) is 0 Å². The lowest BCUT2D eigenvalue weighted by atomic mass is 10.1. The quantitative estimate of drug-likeness (QED) is 0.535. The average molecular weight is 303 g/mol. The molecule has 0 spiro atoms. The molecule has 1 saturated heterocycles. The highest BCUT2D eigenvalue weighted by atomic mass is 32.2. The summed E-state index contributed by atoms with van der Waals surface area (Å²) in [5.74, 6) is 0.141. The highest BCUT2D eigenvalue weighted by Gasteiger charge is 2.23. The van der Waals surface area contributed by atoms with Crippen LogP contribution in [0.5, 0.6) is 0 Å². The molecule has 0 aromatic rings. The first-order valence-electron chi connectivity index (χ1n) is 6.53. The van der Waals surface area contributed by atoms with E-state index in [1.165, 1.54) is 11.8 Å². The zero-order valence-corrected chi connectivity index (χ0v) is 12.4. The van der Waals surface area contributed by atoms with E-state index < -0.39 is 6.10 Å². The standard InChI is InChI=1S/C12H21N3O4S/c1-13-10(17)7-20-8-11(18)14-3-5-15-4-2-9(16)6-12(15)19/h9,16H,2-8H2,1H3,(H,13,17)(H,14,18)/t9-/m1/s1. The van der Waals surface area contributed by atoms with Gasteiger partial charge in [-0.25, -0.2) is 0 Å². The summed E-state index contributed by atoms with van der Waals surface area (Å²) < 4.78 is 0. The molecular formula is C12H21N3O4S. The van der Waals surface area contributed by atoms with Crippen LogP contribution in [-0.2, 0) is 14.4 Å². The van der Waals surface area contributed by atoms with Gasteiger partial charge >= 0.3 is 0 Å². The van der Waals surface area contributed by atoms with E-state index in [9.17, 15) is 19.5 Å². The Morgan fingerprint density at radius 3 is 2.75 bits per heavy atom. The Labute approximate surface area is 122 Å². The fourth-order valence-corrected chi connectivity index (χ4v) is 2.51. The van der Waals surface area contributed by atoms with Crippen LogP contribution >= 0.6 is 11.8 Å². The lowest BCUT2D eigenvalue weighted by molar-refractivity contribution is -0.137. The molecule has 1 heterocycles. The molecule has 1 rings (SSSR count). The van der Waals surface area contributed by atoms with Gasteiger partial charge in [0.1, 0.15) is 0 Å². The third-order valence-corrected chi connectivity index (χ3v) is 3.88. The van der Waals surface area contributed by atoms with Gasteiger partial charge in [0, 0.05) is 26.7 Å². The SMILES string of the molecule is CNC(=O)CSCC(=O)NCCN1CC[C@@H](O)CC1=O. The van der Waals surface area contributed by atoms with Gasteiger partial charge < -0.3 is 20.6 Å². The Bertz CT molecular complexity index is 365. The topological polar surface area (TPSA) is 98.7 Å². The van der Waals surface area contributed by atoms with Gasteiger partial charge in [-0.1, -0.05) is 0 Å². The second-order valence-electron chi connectivity index (χ2n) is 4.54. The van der Waals surface area contributed by atoms with Crippen molar-refractivity contribution < 1.29 is 19.5 Å². The Balaban J connectivity index is 2.09. The van der Waals surface area contributed by atoms with Crippen molar-refractivity contribution in [3.05, 3.63) is 0 Å². The van der Waals surface area contributed by atoms with Crippen LogP contribution in [0.2, 0.25) is 0 Å². The summed E-state index contributed by atoms with van der Waals surface area (Å²) in [5, 5.41) is 14.5. The summed E-state index contributed by atoms with van der Waals surface area (Å²) in [4.78, 5) is 35.6. The number of likely N-dealkylation sites (tertiary alicyclic amines) is 1.